The molecule has 5 heteroatoms. The summed E-state index contributed by atoms with van der Waals surface area (Å²) in [6.45, 7) is 2.04. The van der Waals surface area contributed by atoms with Crippen molar-refractivity contribution >= 4 is 23.0 Å². The fourth-order valence-corrected chi connectivity index (χ4v) is 1.95. The SMILES string of the molecule is CCC1CC(=O)NN=C1c1ccc(N)c(N)c1. The average molecular weight is 232 g/mol. The van der Waals surface area contributed by atoms with Gasteiger partial charge < -0.3 is 11.5 Å². The number of nitrogens with two attached hydrogens (primary N) is 2. The molecule has 0 spiro atoms. The lowest BCUT2D eigenvalue weighted by atomic mass is 9.90. The maximum absolute atomic E-state index is 11.3. The number of carbonyl (C=O) groups is 1. The fourth-order valence-electron chi connectivity index (χ4n) is 1.95. The Balaban J connectivity index is 2.37. The first kappa shape index (κ1) is 11.4. The van der Waals surface area contributed by atoms with E-state index in [1.807, 2.05) is 13.0 Å². The number of hydrogen-bond donors (Lipinski definition) is 3. The van der Waals surface area contributed by atoms with E-state index >= 15 is 0 Å². The van der Waals surface area contributed by atoms with E-state index in [0.717, 1.165) is 17.7 Å². The molecule has 1 aliphatic heterocycles. The van der Waals surface area contributed by atoms with Crippen molar-refractivity contribution in [2.24, 2.45) is 11.0 Å². The molecule has 0 saturated carbocycles. The van der Waals surface area contributed by atoms with Crippen LogP contribution in [-0.2, 0) is 4.79 Å². The molecular formula is C12H16N4O. The summed E-state index contributed by atoms with van der Waals surface area (Å²) in [5, 5.41) is 4.12. The second kappa shape index (κ2) is 4.45. The molecule has 0 aliphatic carbocycles. The van der Waals surface area contributed by atoms with E-state index in [2.05, 4.69) is 10.5 Å². The van der Waals surface area contributed by atoms with E-state index in [4.69, 9.17) is 11.5 Å². The summed E-state index contributed by atoms with van der Waals surface area (Å²) in [7, 11) is 0. The van der Waals surface area contributed by atoms with Gasteiger partial charge in [0.05, 0.1) is 17.1 Å². The standard InChI is InChI=1S/C12H16N4O/c1-2-7-6-11(17)15-16-12(7)8-3-4-9(13)10(14)5-8/h3-5,7H,2,6,13-14H2,1H3,(H,15,17). The molecule has 0 bridgehead atoms. The predicted octanol–water partition coefficient (Wildman–Crippen LogP) is 1.10. The Morgan fingerprint density at radius 3 is 2.82 bits per heavy atom. The molecule has 1 heterocycles. The zero-order valence-electron chi connectivity index (χ0n) is 9.73. The number of nitrogens with one attached hydrogen (secondary N) is 1. The molecule has 17 heavy (non-hydrogen) atoms. The molecule has 1 amide bonds. The van der Waals surface area contributed by atoms with E-state index < -0.39 is 0 Å². The Labute approximate surface area is 99.9 Å². The number of nitrogen functional groups attached to an aromatic ring is 2. The minimum absolute atomic E-state index is 0.0379. The third-order valence-electron chi connectivity index (χ3n) is 2.99. The predicted molar refractivity (Wildman–Crippen MR) is 68.3 cm³/mol. The zero-order chi connectivity index (χ0) is 12.4. The summed E-state index contributed by atoms with van der Waals surface area (Å²) in [5.74, 6) is 0.107. The van der Waals surface area contributed by atoms with Crippen LogP contribution in [0, 0.1) is 5.92 Å². The number of benzene rings is 1. The van der Waals surface area contributed by atoms with Crippen molar-refractivity contribution in [2.45, 2.75) is 19.8 Å². The second-order valence-corrected chi connectivity index (χ2v) is 4.19. The molecule has 1 atom stereocenters. The summed E-state index contributed by atoms with van der Waals surface area (Å²) < 4.78 is 0. The smallest absolute Gasteiger partial charge is 0.240 e. The van der Waals surface area contributed by atoms with Gasteiger partial charge in [-0.05, 0) is 18.6 Å². The van der Waals surface area contributed by atoms with Crippen LogP contribution in [0.4, 0.5) is 11.4 Å². The zero-order valence-corrected chi connectivity index (χ0v) is 9.73. The summed E-state index contributed by atoms with van der Waals surface area (Å²) >= 11 is 0. The molecule has 1 aromatic rings. The minimum atomic E-state index is -0.0379. The first-order valence-electron chi connectivity index (χ1n) is 5.63. The van der Waals surface area contributed by atoms with Gasteiger partial charge >= 0.3 is 0 Å². The Morgan fingerprint density at radius 1 is 1.41 bits per heavy atom. The van der Waals surface area contributed by atoms with E-state index in [9.17, 15) is 4.79 Å². The number of anilines is 2. The van der Waals surface area contributed by atoms with Gasteiger partial charge in [-0.25, -0.2) is 5.43 Å². The van der Waals surface area contributed by atoms with E-state index in [1.54, 1.807) is 12.1 Å². The van der Waals surface area contributed by atoms with E-state index in [1.165, 1.54) is 0 Å². The first-order chi connectivity index (χ1) is 8.11. The van der Waals surface area contributed by atoms with Crippen LogP contribution < -0.4 is 16.9 Å². The highest BCUT2D eigenvalue weighted by atomic mass is 16.2. The summed E-state index contributed by atoms with van der Waals surface area (Å²) in [4.78, 5) is 11.3. The Hall–Kier alpha value is -2.04. The van der Waals surface area contributed by atoms with Crippen LogP contribution in [0.15, 0.2) is 23.3 Å². The lowest BCUT2D eigenvalue weighted by Crippen LogP contribution is -2.33. The Kier molecular flexibility index (Phi) is 2.99. The minimum Gasteiger partial charge on any atom is -0.397 e. The average Bonchev–Trinajstić information content (AvgIpc) is 2.32. The molecule has 5 N–H and O–H groups in total. The highest BCUT2D eigenvalue weighted by molar-refractivity contribution is 6.06. The second-order valence-electron chi connectivity index (χ2n) is 4.19. The van der Waals surface area contributed by atoms with Gasteiger partial charge in [0.1, 0.15) is 0 Å². The quantitative estimate of drug-likeness (QED) is 0.666. The largest absolute Gasteiger partial charge is 0.397 e. The third-order valence-corrected chi connectivity index (χ3v) is 2.99. The number of nitrogens with zero attached hydrogens (tertiary/aromatic N) is 1. The molecule has 2 rings (SSSR count). The molecular weight excluding hydrogens is 216 g/mol. The van der Waals surface area contributed by atoms with Crippen molar-refractivity contribution in [2.75, 3.05) is 11.5 Å². The highest BCUT2D eigenvalue weighted by Crippen LogP contribution is 2.23. The lowest BCUT2D eigenvalue weighted by molar-refractivity contribution is -0.122. The maximum Gasteiger partial charge on any atom is 0.240 e. The Bertz CT molecular complexity index is 481. The number of rotatable bonds is 2. The van der Waals surface area contributed by atoms with Gasteiger partial charge in [0.25, 0.3) is 0 Å². The maximum atomic E-state index is 11.3. The van der Waals surface area contributed by atoms with Crippen LogP contribution in [-0.4, -0.2) is 11.6 Å². The Morgan fingerprint density at radius 2 is 2.18 bits per heavy atom. The van der Waals surface area contributed by atoms with Crippen molar-refractivity contribution < 1.29 is 4.79 Å². The van der Waals surface area contributed by atoms with E-state index in [-0.39, 0.29) is 11.8 Å². The fraction of sp³-hybridized carbons (Fsp3) is 0.333. The van der Waals surface area contributed by atoms with Gasteiger partial charge in [-0.15, -0.1) is 0 Å². The topological polar surface area (TPSA) is 93.5 Å². The number of amides is 1. The third kappa shape index (κ3) is 2.22. The van der Waals surface area contributed by atoms with Crippen molar-refractivity contribution in [1.82, 2.24) is 5.43 Å². The van der Waals surface area contributed by atoms with Gasteiger partial charge in [0.2, 0.25) is 5.91 Å². The lowest BCUT2D eigenvalue weighted by Gasteiger charge is -2.21. The molecule has 1 aromatic carbocycles. The normalized spacial score (nSPS) is 19.7. The molecule has 0 fully saturated rings. The van der Waals surface area contributed by atoms with Crippen molar-refractivity contribution in [3.05, 3.63) is 23.8 Å². The van der Waals surface area contributed by atoms with Gasteiger partial charge in [0, 0.05) is 17.9 Å². The molecule has 0 saturated heterocycles. The monoisotopic (exact) mass is 232 g/mol. The molecule has 0 radical (unpaired) electrons. The summed E-state index contributed by atoms with van der Waals surface area (Å²) in [6, 6.07) is 5.44. The molecule has 1 unspecified atom stereocenters. The van der Waals surface area contributed by atoms with Crippen molar-refractivity contribution in [3.63, 3.8) is 0 Å². The number of carbonyl (C=O) groups excluding carboxylic acids is 1. The number of hydrogen-bond acceptors (Lipinski definition) is 4. The van der Waals surface area contributed by atoms with Crippen LogP contribution in [0.2, 0.25) is 0 Å². The van der Waals surface area contributed by atoms with Crippen LogP contribution in [0.1, 0.15) is 25.3 Å². The van der Waals surface area contributed by atoms with Crippen LogP contribution >= 0.6 is 0 Å². The van der Waals surface area contributed by atoms with E-state index in [0.29, 0.717) is 17.8 Å². The molecule has 0 aromatic heterocycles. The van der Waals surface area contributed by atoms with Crippen molar-refractivity contribution in [1.29, 1.82) is 0 Å². The first-order valence-corrected chi connectivity index (χ1v) is 5.63. The van der Waals surface area contributed by atoms with Crippen LogP contribution in [0.3, 0.4) is 0 Å². The van der Waals surface area contributed by atoms with Gasteiger partial charge in [-0.2, -0.15) is 5.10 Å². The molecule has 5 nitrogen and oxygen atoms in total. The van der Waals surface area contributed by atoms with Gasteiger partial charge in [0.15, 0.2) is 0 Å². The van der Waals surface area contributed by atoms with Gasteiger partial charge in [-0.3, -0.25) is 4.79 Å². The van der Waals surface area contributed by atoms with Gasteiger partial charge in [-0.1, -0.05) is 13.0 Å². The van der Waals surface area contributed by atoms with Crippen LogP contribution in [0.5, 0.6) is 0 Å². The molecule has 1 aliphatic rings. The summed E-state index contributed by atoms with van der Waals surface area (Å²) in [6.07, 6.45) is 1.34. The highest BCUT2D eigenvalue weighted by Gasteiger charge is 2.24. The molecule has 90 valence electrons. The summed E-state index contributed by atoms with van der Waals surface area (Å²) in [5.41, 5.74) is 16.8. The number of hydrazone groups is 1. The van der Waals surface area contributed by atoms with Crippen molar-refractivity contribution in [3.8, 4) is 0 Å². The van der Waals surface area contributed by atoms with Crippen LogP contribution in [0.25, 0.3) is 0 Å².